The van der Waals surface area contributed by atoms with Crippen LogP contribution in [0.5, 0.6) is 0 Å². The molecule has 4 N–H and O–H groups in total. The molecule has 2 atom stereocenters. The molecule has 160 valence electrons. The van der Waals surface area contributed by atoms with Crippen molar-refractivity contribution in [3.63, 3.8) is 0 Å². The third-order valence-electron chi connectivity index (χ3n) is 4.62. The summed E-state index contributed by atoms with van der Waals surface area (Å²) in [6.45, 7) is 4.79. The Morgan fingerprint density at radius 2 is 1.93 bits per heavy atom. The fourth-order valence-electron chi connectivity index (χ4n) is 2.80. The van der Waals surface area contributed by atoms with Crippen LogP contribution in [0.2, 0.25) is 0 Å². The molecule has 10 nitrogen and oxygen atoms in total. The monoisotopic (exact) mass is 401 g/mol. The van der Waals surface area contributed by atoms with Crippen LogP contribution >= 0.6 is 0 Å². The highest BCUT2D eigenvalue weighted by Crippen LogP contribution is 2.20. The number of likely N-dealkylation sites (tertiary alicyclic amines) is 1. The van der Waals surface area contributed by atoms with Crippen LogP contribution in [0.3, 0.4) is 0 Å². The van der Waals surface area contributed by atoms with Gasteiger partial charge in [0.2, 0.25) is 17.7 Å². The zero-order valence-electron chi connectivity index (χ0n) is 16.7. The largest absolute Gasteiger partial charge is 0.465 e. The highest BCUT2D eigenvalue weighted by Gasteiger charge is 2.35. The van der Waals surface area contributed by atoms with Crippen molar-refractivity contribution in [2.75, 3.05) is 32.8 Å². The summed E-state index contributed by atoms with van der Waals surface area (Å²) < 4.78 is 4.75. The van der Waals surface area contributed by atoms with Gasteiger partial charge in [-0.25, -0.2) is 0 Å². The molecule has 1 heterocycles. The van der Waals surface area contributed by atoms with Crippen LogP contribution in [-0.4, -0.2) is 83.8 Å². The molecule has 1 fully saturated rings. The molecule has 0 unspecified atom stereocenters. The number of amides is 3. The molecular weight excluding hydrogens is 370 g/mol. The minimum atomic E-state index is -1.40. The van der Waals surface area contributed by atoms with Crippen LogP contribution in [0.25, 0.3) is 0 Å². The van der Waals surface area contributed by atoms with Crippen LogP contribution in [0.4, 0.5) is 0 Å². The highest BCUT2D eigenvalue weighted by molar-refractivity contribution is 5.90. The molecular formula is C18H31N3O7. The number of nitrogens with zero attached hydrogens (tertiary/aromatic N) is 1. The molecule has 0 bridgehead atoms. The topological polar surface area (TPSA) is 145 Å². The normalized spacial score (nSPS) is 17.8. The Kier molecular flexibility index (Phi) is 9.33. The van der Waals surface area contributed by atoms with E-state index in [9.17, 15) is 29.4 Å². The van der Waals surface area contributed by atoms with E-state index in [0.29, 0.717) is 19.4 Å². The van der Waals surface area contributed by atoms with Gasteiger partial charge in [0.25, 0.3) is 0 Å². The molecule has 1 aliphatic rings. The molecule has 0 saturated carbocycles. The lowest BCUT2D eigenvalue weighted by atomic mass is 9.87. The lowest BCUT2D eigenvalue weighted by Crippen LogP contribution is -2.48. The van der Waals surface area contributed by atoms with Crippen LogP contribution in [0.15, 0.2) is 0 Å². The average molecular weight is 401 g/mol. The second-order valence-electron chi connectivity index (χ2n) is 7.36. The minimum Gasteiger partial charge on any atom is -0.465 e. The number of esters is 1. The van der Waals surface area contributed by atoms with Crippen LogP contribution in [0.1, 0.15) is 40.0 Å². The number of nitrogens with one attached hydrogen (secondary N) is 2. The van der Waals surface area contributed by atoms with Crippen molar-refractivity contribution in [1.29, 1.82) is 0 Å². The van der Waals surface area contributed by atoms with Crippen LogP contribution < -0.4 is 10.6 Å². The Balaban J connectivity index is 2.47. The molecule has 0 aromatic heterocycles. The number of carbonyl (C=O) groups is 4. The molecule has 10 heteroatoms. The highest BCUT2D eigenvalue weighted by atomic mass is 16.5. The van der Waals surface area contributed by atoms with Gasteiger partial charge < -0.3 is 30.5 Å². The summed E-state index contributed by atoms with van der Waals surface area (Å²) in [7, 11) is 0. The number of hydrogen-bond donors (Lipinski definition) is 4. The Hall–Kier alpha value is -2.20. The Bertz CT molecular complexity index is 580. The Morgan fingerprint density at radius 1 is 1.25 bits per heavy atom. The van der Waals surface area contributed by atoms with Crippen LogP contribution in [0, 0.1) is 5.41 Å². The minimum absolute atomic E-state index is 0.00387. The van der Waals surface area contributed by atoms with Gasteiger partial charge in [0.05, 0.1) is 13.2 Å². The first-order valence-corrected chi connectivity index (χ1v) is 9.43. The zero-order chi connectivity index (χ0) is 21.3. The van der Waals surface area contributed by atoms with Crippen molar-refractivity contribution in [2.24, 2.45) is 5.41 Å². The van der Waals surface area contributed by atoms with Gasteiger partial charge in [0.1, 0.15) is 18.7 Å². The molecule has 0 radical (unpaired) electrons. The molecule has 0 aliphatic carbocycles. The maximum Gasteiger partial charge on any atom is 0.325 e. The van der Waals surface area contributed by atoms with Crippen molar-refractivity contribution in [2.45, 2.75) is 52.2 Å². The summed E-state index contributed by atoms with van der Waals surface area (Å²) in [5, 5.41) is 24.1. The SMILES string of the molecule is CCOC(=O)CNC(=O)[C@H]1CCCN1C(=O)CCNC(=O)[C@@H](O)C(C)(C)CO. The summed E-state index contributed by atoms with van der Waals surface area (Å²) in [5.41, 5.74) is -0.995. The number of ether oxygens (including phenoxy) is 1. The Morgan fingerprint density at radius 3 is 2.54 bits per heavy atom. The summed E-state index contributed by atoms with van der Waals surface area (Å²) in [5.74, 6) is -1.93. The Labute approximate surface area is 164 Å². The zero-order valence-corrected chi connectivity index (χ0v) is 16.7. The van der Waals surface area contributed by atoms with E-state index in [1.165, 1.54) is 4.90 Å². The number of aliphatic hydroxyl groups is 2. The summed E-state index contributed by atoms with van der Waals surface area (Å²) in [4.78, 5) is 49.3. The van der Waals surface area contributed by atoms with E-state index in [-0.39, 0.29) is 38.6 Å². The van der Waals surface area contributed by atoms with E-state index < -0.39 is 35.3 Å². The molecule has 28 heavy (non-hydrogen) atoms. The van der Waals surface area contributed by atoms with Gasteiger partial charge in [-0.15, -0.1) is 0 Å². The first-order chi connectivity index (χ1) is 13.1. The maximum absolute atomic E-state index is 12.4. The average Bonchev–Trinajstić information content (AvgIpc) is 3.15. The summed E-state index contributed by atoms with van der Waals surface area (Å²) >= 11 is 0. The maximum atomic E-state index is 12.4. The van der Waals surface area contributed by atoms with E-state index in [2.05, 4.69) is 10.6 Å². The molecule has 1 aliphatic heterocycles. The van der Waals surface area contributed by atoms with E-state index in [4.69, 9.17) is 4.74 Å². The summed E-state index contributed by atoms with van der Waals surface area (Å²) in [6.07, 6.45) is -0.268. The molecule has 0 spiro atoms. The van der Waals surface area contributed by atoms with Gasteiger partial charge in [-0.2, -0.15) is 0 Å². The number of aliphatic hydroxyl groups excluding tert-OH is 2. The van der Waals surface area contributed by atoms with Gasteiger partial charge in [-0.3, -0.25) is 19.2 Å². The lowest BCUT2D eigenvalue weighted by Gasteiger charge is -2.27. The molecule has 1 saturated heterocycles. The number of hydrogen-bond acceptors (Lipinski definition) is 7. The first kappa shape index (κ1) is 23.8. The summed E-state index contributed by atoms with van der Waals surface area (Å²) in [6, 6.07) is -0.656. The second kappa shape index (κ2) is 11.0. The molecule has 1 rings (SSSR count). The first-order valence-electron chi connectivity index (χ1n) is 9.43. The van der Waals surface area contributed by atoms with Gasteiger partial charge in [-0.05, 0) is 19.8 Å². The van der Waals surface area contributed by atoms with E-state index in [1.54, 1.807) is 20.8 Å². The fraction of sp³-hybridized carbons (Fsp3) is 0.778. The van der Waals surface area contributed by atoms with Crippen molar-refractivity contribution in [3.05, 3.63) is 0 Å². The van der Waals surface area contributed by atoms with E-state index in [1.807, 2.05) is 0 Å². The lowest BCUT2D eigenvalue weighted by molar-refractivity contribution is -0.144. The van der Waals surface area contributed by atoms with Crippen molar-refractivity contribution in [1.82, 2.24) is 15.5 Å². The van der Waals surface area contributed by atoms with Crippen molar-refractivity contribution < 1.29 is 34.1 Å². The fourth-order valence-corrected chi connectivity index (χ4v) is 2.80. The van der Waals surface area contributed by atoms with E-state index in [0.717, 1.165) is 0 Å². The van der Waals surface area contributed by atoms with Gasteiger partial charge >= 0.3 is 5.97 Å². The third-order valence-corrected chi connectivity index (χ3v) is 4.62. The second-order valence-corrected chi connectivity index (χ2v) is 7.36. The molecule has 0 aromatic rings. The molecule has 3 amide bonds. The quantitative estimate of drug-likeness (QED) is 0.327. The predicted octanol–water partition coefficient (Wildman–Crippen LogP) is -1.46. The van der Waals surface area contributed by atoms with Crippen LogP contribution in [-0.2, 0) is 23.9 Å². The number of carbonyl (C=O) groups excluding carboxylic acids is 4. The smallest absolute Gasteiger partial charge is 0.325 e. The van der Waals surface area contributed by atoms with Gasteiger partial charge in [0, 0.05) is 24.9 Å². The predicted molar refractivity (Wildman–Crippen MR) is 98.9 cm³/mol. The standard InChI is InChI=1S/C18H31N3O7/c1-4-28-14(24)10-20-16(26)12-6-5-9-21(12)13(23)7-8-19-17(27)15(25)18(2,3)11-22/h12,15,22,25H,4-11H2,1-3H3,(H,19,27)(H,20,26)/t12-,15-/m1/s1. The van der Waals surface area contributed by atoms with Gasteiger partial charge in [-0.1, -0.05) is 13.8 Å². The van der Waals surface area contributed by atoms with Crippen molar-refractivity contribution in [3.8, 4) is 0 Å². The van der Waals surface area contributed by atoms with E-state index >= 15 is 0 Å². The molecule has 0 aromatic carbocycles. The third kappa shape index (κ3) is 6.75. The van der Waals surface area contributed by atoms with Gasteiger partial charge in [0.15, 0.2) is 0 Å². The number of rotatable bonds is 10. The van der Waals surface area contributed by atoms with Crippen molar-refractivity contribution >= 4 is 23.7 Å².